The maximum absolute atomic E-state index is 13.3. The molecule has 7 aromatic heterocycles. The number of ketones is 2. The average Bonchev–Trinajstić information content (AvgIpc) is 1.75. The van der Waals surface area contributed by atoms with Crippen molar-refractivity contribution in [2.24, 2.45) is 101 Å². The number of methoxy groups -OCH3 is 1. The number of benzene rings is 1. The van der Waals surface area contributed by atoms with Gasteiger partial charge in [0.1, 0.15) is 16.7 Å². The van der Waals surface area contributed by atoms with Crippen molar-refractivity contribution in [3.63, 3.8) is 0 Å². The molecule has 147 heavy (non-hydrogen) atoms. The maximum Gasteiger partial charge on any atom is 0.434 e. The highest BCUT2D eigenvalue weighted by atomic mass is 35.5. The van der Waals surface area contributed by atoms with Crippen molar-refractivity contribution in [3.8, 4) is 5.88 Å². The van der Waals surface area contributed by atoms with Gasteiger partial charge in [-0.25, -0.2) is 19.9 Å². The van der Waals surface area contributed by atoms with Gasteiger partial charge in [0.05, 0.1) is 89.3 Å². The van der Waals surface area contributed by atoms with Gasteiger partial charge in [0, 0.05) is 183 Å². The predicted octanol–water partition coefficient (Wildman–Crippen LogP) is 19.9. The molecule has 13 heterocycles. The largest absolute Gasteiger partial charge is 0.480 e. The fraction of sp³-hybridized carbons (Fsp3) is 0.546. The van der Waals surface area contributed by atoms with Crippen LogP contribution in [0.15, 0.2) is 191 Å². The first-order valence-corrected chi connectivity index (χ1v) is 56.8. The number of aryl methyl sites for hydroxylation is 3. The monoisotopic (exact) mass is 2180 g/mol. The number of hydrogen-bond acceptors (Lipinski definition) is 29. The Labute approximate surface area is 901 Å². The van der Waals surface area contributed by atoms with Crippen LogP contribution in [0.3, 0.4) is 0 Å². The molecule has 6 aliphatic heterocycles. The number of aromatic nitrogens is 9. The molecular weight excluding hydrogens is 2050 g/mol. The van der Waals surface area contributed by atoms with Crippen molar-refractivity contribution >= 4 is 140 Å². The molecular formula is C108H139Cl4F3N20O7S5. The smallest absolute Gasteiger partial charge is 0.434 e. The van der Waals surface area contributed by atoms with E-state index in [1.807, 2.05) is 63.4 Å². The average molecular weight is 2190 g/mol. The molecule has 10 fully saturated rings. The van der Waals surface area contributed by atoms with Crippen LogP contribution >= 0.6 is 105 Å². The molecule has 4 saturated carbocycles. The number of ether oxygens (including phenoxy) is 2. The van der Waals surface area contributed by atoms with E-state index in [-0.39, 0.29) is 84.3 Å². The van der Waals surface area contributed by atoms with Gasteiger partial charge in [-0.2, -0.15) is 13.2 Å². The number of allylic oxidation sites excluding steroid dienone is 8. The highest BCUT2D eigenvalue weighted by Crippen LogP contribution is 2.55. The Kier molecular flexibility index (Phi) is 35.5. The van der Waals surface area contributed by atoms with Crippen molar-refractivity contribution in [3.05, 3.63) is 211 Å². The minimum absolute atomic E-state index is 0.0530. The minimum atomic E-state index is -4.60. The van der Waals surface area contributed by atoms with E-state index in [2.05, 4.69) is 102 Å². The summed E-state index contributed by atoms with van der Waals surface area (Å²) < 4.78 is 55.8. The Hall–Kier alpha value is -8.11. The van der Waals surface area contributed by atoms with E-state index in [1.165, 1.54) is 109 Å². The van der Waals surface area contributed by atoms with Crippen LogP contribution in [-0.4, -0.2) is 180 Å². The second-order valence-electron chi connectivity index (χ2n) is 42.5. The Bertz CT molecular complexity index is 6490. The van der Waals surface area contributed by atoms with Crippen LogP contribution < -0.4 is 70.5 Å². The molecule has 10 atom stereocenters. The molecule has 39 heteroatoms. The topological polar surface area (TPSA) is 368 Å². The summed E-state index contributed by atoms with van der Waals surface area (Å²) in [5.74, 6) is 5.52. The van der Waals surface area contributed by atoms with Crippen molar-refractivity contribution in [2.45, 2.75) is 265 Å². The number of alkyl halides is 3. The van der Waals surface area contributed by atoms with Crippen LogP contribution in [0.2, 0.25) is 20.1 Å². The highest BCUT2D eigenvalue weighted by molar-refractivity contribution is 8.04. The van der Waals surface area contributed by atoms with Gasteiger partial charge in [-0.05, 0) is 274 Å². The SMILES string of the molecule is COc1nccc(SC2=CC=C(N3CCC4(CC[C@@H](C)[C@H]4N)CC3)CC2=O)c1Cl.C[C@@H]1OCC2(CCN(C3=CC=C(Sc4cccc(Cl)c4Cl)C(=O)C3)CC2)[C@@H]1N.Cc1nc(N2CCC3(CC[C@@H](C)[C@H]3N)CC2)n(C)c(=O)c1Sc1cccnc1C(F)(F)F.Cc1nc(N2CCC3(CC[C@@H](C)[C@H]3N)CC2)n(C)c(=O)c1Sc1ccnc(N)c1Cl.Cc1ncccc1Sc1ccc(N2CCC3(CC[C@@H](C)[C@H]3N)CC2)n(C)c1=O. The first kappa shape index (κ1) is 112. The number of pyridine rings is 5. The van der Waals surface area contributed by atoms with Crippen LogP contribution in [0.1, 0.15) is 186 Å². The summed E-state index contributed by atoms with van der Waals surface area (Å²) in [6, 6.07) is 20.9. The molecule has 6 aliphatic carbocycles. The molecule has 0 unspecified atom stereocenters. The molecule has 27 nitrogen and oxygen atoms in total. The number of carbonyl (C=O) groups excluding carboxylic acids is 2. The Morgan fingerprint density at radius 2 is 0.816 bits per heavy atom. The summed E-state index contributed by atoms with van der Waals surface area (Å²) in [6.07, 6.45) is 30.7. The van der Waals surface area contributed by atoms with Gasteiger partial charge in [-0.3, -0.25) is 47.6 Å². The van der Waals surface area contributed by atoms with Crippen LogP contribution in [0, 0.1) is 71.5 Å². The van der Waals surface area contributed by atoms with E-state index in [0.717, 1.165) is 215 Å². The van der Waals surface area contributed by atoms with Gasteiger partial charge >= 0.3 is 6.18 Å². The molecule has 5 spiro atoms. The third-order valence-corrected chi connectivity index (χ3v) is 41.9. The Morgan fingerprint density at radius 1 is 0.408 bits per heavy atom. The fourth-order valence-electron chi connectivity index (χ4n) is 24.1. The van der Waals surface area contributed by atoms with Crippen molar-refractivity contribution in [1.82, 2.24) is 53.4 Å². The van der Waals surface area contributed by atoms with Crippen LogP contribution in [0.5, 0.6) is 5.88 Å². The van der Waals surface area contributed by atoms with Crippen LogP contribution in [0.4, 0.5) is 36.7 Å². The summed E-state index contributed by atoms with van der Waals surface area (Å²) in [7, 11) is 6.82. The number of likely N-dealkylation sites (tertiary alicyclic amines) is 2. The summed E-state index contributed by atoms with van der Waals surface area (Å²) in [6.45, 7) is 26.4. The summed E-state index contributed by atoms with van der Waals surface area (Å²) >= 11 is 31.2. The lowest BCUT2D eigenvalue weighted by Crippen LogP contribution is -2.50. The molecule has 8 aromatic rings. The van der Waals surface area contributed by atoms with E-state index >= 15 is 0 Å². The number of Topliss-reactive ketones (excluding diaryl/α,β-unsaturated/α-hetero) is 2. The molecule has 792 valence electrons. The highest BCUT2D eigenvalue weighted by Gasteiger charge is 2.53. The van der Waals surface area contributed by atoms with Crippen LogP contribution in [0.25, 0.3) is 0 Å². The number of nitrogens with two attached hydrogens (primary N) is 6. The summed E-state index contributed by atoms with van der Waals surface area (Å²) in [5.41, 5.74) is 42.3. The number of carbonyl (C=O) groups is 2. The third kappa shape index (κ3) is 23.8. The van der Waals surface area contributed by atoms with E-state index < -0.39 is 11.9 Å². The van der Waals surface area contributed by atoms with E-state index in [9.17, 15) is 37.1 Å². The zero-order valence-electron chi connectivity index (χ0n) is 85.9. The lowest BCUT2D eigenvalue weighted by atomic mass is 9.73. The Balaban J connectivity index is 0.000000131. The molecule has 12 aliphatic rings. The number of nitrogen functional groups attached to an aromatic ring is 1. The van der Waals surface area contributed by atoms with Crippen molar-refractivity contribution < 1.29 is 32.2 Å². The second kappa shape index (κ2) is 46.8. The lowest BCUT2D eigenvalue weighted by Gasteiger charge is -2.44. The molecule has 20 rings (SSSR count). The van der Waals surface area contributed by atoms with Gasteiger partial charge in [-0.15, -0.1) is 0 Å². The fourth-order valence-corrected chi connectivity index (χ4v) is 29.8. The zero-order chi connectivity index (χ0) is 105. The molecule has 0 radical (unpaired) electrons. The van der Waals surface area contributed by atoms with Gasteiger partial charge in [0.25, 0.3) is 16.7 Å². The van der Waals surface area contributed by atoms with Gasteiger partial charge in [0.2, 0.25) is 17.8 Å². The molecule has 0 amide bonds. The first-order chi connectivity index (χ1) is 70.0. The number of piperidine rings is 5. The van der Waals surface area contributed by atoms with E-state index in [4.69, 9.17) is 95.3 Å². The Morgan fingerprint density at radius 3 is 1.24 bits per heavy atom. The van der Waals surface area contributed by atoms with E-state index in [0.29, 0.717) is 122 Å². The normalized spacial score (nSPS) is 24.8. The molecule has 1 aromatic carbocycles. The quantitative estimate of drug-likeness (QED) is 0.0523. The third-order valence-electron chi connectivity index (χ3n) is 34.0. The van der Waals surface area contributed by atoms with Gasteiger partial charge in [0.15, 0.2) is 17.3 Å². The minimum Gasteiger partial charge on any atom is -0.480 e. The van der Waals surface area contributed by atoms with E-state index in [1.54, 1.807) is 66.9 Å². The summed E-state index contributed by atoms with van der Waals surface area (Å²) in [5, 5.41) is 1.78. The maximum atomic E-state index is 13.3. The number of anilines is 4. The molecule has 0 bridgehead atoms. The number of rotatable bonds is 16. The molecule has 12 N–H and O–H groups in total. The van der Waals surface area contributed by atoms with Gasteiger partial charge in [-0.1, -0.05) is 139 Å². The standard InChI is InChI=1S/C22H28ClN3O2S.C22H28F3N5OS.C22H30N4OS.C21H24Cl2N2O2S.C21H29ClN6OS/c1-14-5-7-22(20(14)24)8-11-26(12-9-22)15-3-4-17(16(27)13-15)29-18-6-10-25-21(28-2)19(18)23;1-13-6-7-21(17(13)26)8-11-30(12-9-21)20-28-14(2)16(19(31)29(20)3)32-15-5-4-10-27-18(15)22(23,24)25;1-15-8-9-22(20(15)23)10-13-26(14-11-22)19-7-6-18(21(27)25(19)3)28-17-5-4-12-24-16(17)2;1-13-20(24)21(12-27-13)7-9-25(10-8-21)14-5-6-17(16(26)11-14)28-18-4-2-3-15(22)19(18)23;1-12-4-6-21(17(12)23)7-10-28(11-8-21)20-26-13(2)16(19(29)27(20)3)30-14-5-9-25-18(24)15(14)22/h3-4,6,10,14,20H,5,7-9,11-13,24H2,1-2H3;4-5,10,13,17H,6-9,11-12,26H2,1-3H3;4-7,12,15,20H,8-11,13-14,23H2,1-3H3;2-6,13,20H,7-12,24H2,1H3;5,9,12,17H,4,6-8,10-11,23H2,1-3H3,(H2,24,25)/t14-,20-;13-,17-;15-,20-;13-,20+;12-,17-/m11101/s1. The molecule has 6 saturated heterocycles. The number of halogens is 7. The number of hydrogen-bond donors (Lipinski definition) is 6. The second-order valence-corrected chi connectivity index (χ2v) is 49.4. The van der Waals surface area contributed by atoms with Crippen LogP contribution in [-0.2, 0) is 41.6 Å². The van der Waals surface area contributed by atoms with Crippen molar-refractivity contribution in [2.75, 3.05) is 99.6 Å². The van der Waals surface area contributed by atoms with Crippen molar-refractivity contribution in [1.29, 1.82) is 0 Å². The summed E-state index contributed by atoms with van der Waals surface area (Å²) in [4.78, 5) is 107. The first-order valence-electron chi connectivity index (χ1n) is 51.2. The number of nitrogens with zero attached hydrogens (tertiary/aromatic N) is 14. The lowest BCUT2D eigenvalue weighted by molar-refractivity contribution is -0.143. The number of thioether (sulfide) groups is 2. The predicted molar refractivity (Wildman–Crippen MR) is 587 cm³/mol. The van der Waals surface area contributed by atoms with Gasteiger partial charge < -0.3 is 68.4 Å². The zero-order valence-corrected chi connectivity index (χ0v) is 93.0.